The van der Waals surface area contributed by atoms with Crippen LogP contribution in [0.1, 0.15) is 18.5 Å². The van der Waals surface area contributed by atoms with Gasteiger partial charge in [-0.1, -0.05) is 17.3 Å². The summed E-state index contributed by atoms with van der Waals surface area (Å²) in [4.78, 5) is 14.5. The molecule has 0 bridgehead atoms. The van der Waals surface area contributed by atoms with E-state index in [0.717, 1.165) is 36.3 Å². The first kappa shape index (κ1) is 12.8. The van der Waals surface area contributed by atoms with Crippen molar-refractivity contribution in [3.8, 4) is 0 Å². The van der Waals surface area contributed by atoms with Gasteiger partial charge in [-0.3, -0.25) is 4.79 Å². The molecule has 110 valence electrons. The second kappa shape index (κ2) is 5.15. The molecule has 1 aromatic carbocycles. The average molecular weight is 285 g/mol. The first-order valence-electron chi connectivity index (χ1n) is 7.66. The molecule has 4 rings (SSSR count). The molecule has 2 aliphatic rings. The van der Waals surface area contributed by atoms with Crippen LogP contribution < -0.4 is 5.32 Å². The van der Waals surface area contributed by atoms with E-state index in [1.54, 1.807) is 0 Å². The zero-order chi connectivity index (χ0) is 14.2. The van der Waals surface area contributed by atoms with Crippen molar-refractivity contribution in [3.05, 3.63) is 30.0 Å². The quantitative estimate of drug-likeness (QED) is 0.910. The molecule has 1 aromatic heterocycles. The molecule has 2 unspecified atom stereocenters. The Hall–Kier alpha value is -1.88. The molecule has 0 aliphatic carbocycles. The Labute approximate surface area is 123 Å². The van der Waals surface area contributed by atoms with E-state index in [0.29, 0.717) is 18.4 Å². The van der Waals surface area contributed by atoms with Crippen LogP contribution in [0.25, 0.3) is 11.0 Å². The summed E-state index contributed by atoms with van der Waals surface area (Å²) in [6.45, 7) is 2.79. The fourth-order valence-electron chi connectivity index (χ4n) is 3.57. The summed E-state index contributed by atoms with van der Waals surface area (Å²) in [6, 6.07) is 8.18. The number of carbonyl (C=O) groups excluding carboxylic acids is 1. The lowest BCUT2D eigenvalue weighted by Gasteiger charge is -2.24. The molecule has 1 N–H and O–H groups in total. The number of hydrogen-bond donors (Lipinski definition) is 1. The maximum Gasteiger partial charge on any atom is 0.228 e. The van der Waals surface area contributed by atoms with Crippen LogP contribution in [0.2, 0.25) is 0 Å². The largest absolute Gasteiger partial charge is 0.356 e. The Bertz CT molecular complexity index is 652. The number of piperidine rings is 1. The minimum Gasteiger partial charge on any atom is -0.356 e. The molecule has 2 aromatic rings. The highest BCUT2D eigenvalue weighted by Crippen LogP contribution is 2.26. The van der Waals surface area contributed by atoms with Gasteiger partial charge in [0.25, 0.3) is 0 Å². The smallest absolute Gasteiger partial charge is 0.228 e. The van der Waals surface area contributed by atoms with Gasteiger partial charge in [-0.25, -0.2) is 0 Å². The van der Waals surface area contributed by atoms with Crippen molar-refractivity contribution >= 4 is 16.9 Å². The number of amides is 1. The van der Waals surface area contributed by atoms with Gasteiger partial charge in [-0.05, 0) is 37.4 Å². The van der Waals surface area contributed by atoms with Gasteiger partial charge in [0.1, 0.15) is 5.69 Å². The van der Waals surface area contributed by atoms with Crippen LogP contribution in [0, 0.1) is 5.92 Å². The van der Waals surface area contributed by atoms with E-state index in [4.69, 9.17) is 4.52 Å². The van der Waals surface area contributed by atoms with Crippen molar-refractivity contribution in [1.29, 1.82) is 0 Å². The van der Waals surface area contributed by atoms with Crippen molar-refractivity contribution in [2.24, 2.45) is 5.92 Å². The second-order valence-electron chi connectivity index (χ2n) is 6.06. The van der Waals surface area contributed by atoms with Crippen LogP contribution in [-0.4, -0.2) is 41.6 Å². The van der Waals surface area contributed by atoms with Crippen LogP contribution in [0.4, 0.5) is 0 Å². The Morgan fingerprint density at radius 3 is 3.19 bits per heavy atom. The Kier molecular flexibility index (Phi) is 3.15. The summed E-state index contributed by atoms with van der Waals surface area (Å²) in [7, 11) is 0. The molecule has 0 saturated carbocycles. The van der Waals surface area contributed by atoms with Gasteiger partial charge in [0, 0.05) is 24.5 Å². The first-order valence-corrected chi connectivity index (χ1v) is 7.66. The summed E-state index contributed by atoms with van der Waals surface area (Å²) in [5.41, 5.74) is 1.50. The molecular weight excluding hydrogens is 266 g/mol. The molecule has 0 radical (unpaired) electrons. The predicted molar refractivity (Wildman–Crippen MR) is 78.8 cm³/mol. The topological polar surface area (TPSA) is 58.4 Å². The number of carbonyl (C=O) groups is 1. The molecule has 1 amide bonds. The number of likely N-dealkylation sites (tertiary alicyclic amines) is 1. The van der Waals surface area contributed by atoms with E-state index in [1.807, 2.05) is 29.2 Å². The zero-order valence-electron chi connectivity index (χ0n) is 11.9. The van der Waals surface area contributed by atoms with Crippen LogP contribution in [0.3, 0.4) is 0 Å². The molecule has 2 aliphatic heterocycles. The highest BCUT2D eigenvalue weighted by Gasteiger charge is 2.36. The van der Waals surface area contributed by atoms with Gasteiger partial charge in [0.15, 0.2) is 5.58 Å². The first-order chi connectivity index (χ1) is 10.3. The number of rotatable bonds is 2. The molecule has 3 heterocycles. The number of para-hydroxylation sites is 1. The fourth-order valence-corrected chi connectivity index (χ4v) is 3.57. The predicted octanol–water partition coefficient (Wildman–Crippen LogP) is 1.58. The lowest BCUT2D eigenvalue weighted by atomic mass is 9.94. The number of hydrogen-bond acceptors (Lipinski definition) is 4. The van der Waals surface area contributed by atoms with E-state index in [-0.39, 0.29) is 5.91 Å². The van der Waals surface area contributed by atoms with Crippen molar-refractivity contribution in [3.63, 3.8) is 0 Å². The summed E-state index contributed by atoms with van der Waals surface area (Å²) >= 11 is 0. The van der Waals surface area contributed by atoms with Crippen molar-refractivity contribution in [1.82, 2.24) is 15.4 Å². The molecule has 0 spiro atoms. The maximum atomic E-state index is 12.5. The van der Waals surface area contributed by atoms with Crippen molar-refractivity contribution in [2.75, 3.05) is 19.6 Å². The maximum absolute atomic E-state index is 12.5. The molecule has 21 heavy (non-hydrogen) atoms. The van der Waals surface area contributed by atoms with Crippen LogP contribution in [0.15, 0.2) is 28.8 Å². The standard InChI is InChI=1S/C16H19N3O2/c20-16(19-9-11-4-3-7-17-14(11)10-19)8-13-12-5-1-2-6-15(12)21-18-13/h1-2,5-6,11,14,17H,3-4,7-10H2. The lowest BCUT2D eigenvalue weighted by molar-refractivity contribution is -0.129. The van der Waals surface area contributed by atoms with Crippen LogP contribution in [-0.2, 0) is 11.2 Å². The number of nitrogens with zero attached hydrogens (tertiary/aromatic N) is 2. The summed E-state index contributed by atoms with van der Waals surface area (Å²) in [5, 5.41) is 8.53. The van der Waals surface area contributed by atoms with Gasteiger partial charge >= 0.3 is 0 Å². The van der Waals surface area contributed by atoms with E-state index < -0.39 is 0 Å². The normalized spacial score (nSPS) is 25.2. The molecule has 5 nitrogen and oxygen atoms in total. The highest BCUT2D eigenvalue weighted by molar-refractivity contribution is 5.86. The van der Waals surface area contributed by atoms with Crippen molar-refractivity contribution in [2.45, 2.75) is 25.3 Å². The highest BCUT2D eigenvalue weighted by atomic mass is 16.5. The fraction of sp³-hybridized carbons (Fsp3) is 0.500. The lowest BCUT2D eigenvalue weighted by Crippen LogP contribution is -2.41. The van der Waals surface area contributed by atoms with Gasteiger partial charge in [0.2, 0.25) is 5.91 Å². The second-order valence-corrected chi connectivity index (χ2v) is 6.06. The zero-order valence-corrected chi connectivity index (χ0v) is 11.9. The molecule has 2 atom stereocenters. The average Bonchev–Trinajstić information content (AvgIpc) is 3.11. The van der Waals surface area contributed by atoms with E-state index in [1.165, 1.54) is 12.8 Å². The number of benzene rings is 1. The van der Waals surface area contributed by atoms with Crippen LogP contribution in [0.5, 0.6) is 0 Å². The minimum absolute atomic E-state index is 0.158. The van der Waals surface area contributed by atoms with Crippen molar-refractivity contribution < 1.29 is 9.32 Å². The summed E-state index contributed by atoms with van der Waals surface area (Å²) in [5.74, 6) is 0.780. The molecular formula is C16H19N3O2. The van der Waals surface area contributed by atoms with Gasteiger partial charge in [0.05, 0.1) is 6.42 Å². The summed E-state index contributed by atoms with van der Waals surface area (Å²) < 4.78 is 5.27. The third kappa shape index (κ3) is 2.31. The number of nitrogens with one attached hydrogen (secondary N) is 1. The Morgan fingerprint density at radius 1 is 1.38 bits per heavy atom. The Morgan fingerprint density at radius 2 is 2.29 bits per heavy atom. The third-order valence-electron chi connectivity index (χ3n) is 4.72. The van der Waals surface area contributed by atoms with Crippen LogP contribution >= 0.6 is 0 Å². The number of fused-ring (bicyclic) bond motifs is 2. The minimum atomic E-state index is 0.158. The van der Waals surface area contributed by atoms with Gasteiger partial charge in [-0.2, -0.15) is 0 Å². The molecule has 2 saturated heterocycles. The van der Waals surface area contributed by atoms with E-state index in [2.05, 4.69) is 10.5 Å². The van der Waals surface area contributed by atoms with E-state index >= 15 is 0 Å². The molecule has 5 heteroatoms. The molecule has 2 fully saturated rings. The Balaban J connectivity index is 1.48. The number of aromatic nitrogens is 1. The van der Waals surface area contributed by atoms with Gasteiger partial charge in [-0.15, -0.1) is 0 Å². The van der Waals surface area contributed by atoms with E-state index in [9.17, 15) is 4.79 Å². The summed E-state index contributed by atoms with van der Waals surface area (Å²) in [6.07, 6.45) is 2.78. The SMILES string of the molecule is O=C(Cc1noc2ccccc12)N1CC2CCCNC2C1. The van der Waals surface area contributed by atoms with Gasteiger partial charge < -0.3 is 14.7 Å². The third-order valence-corrected chi connectivity index (χ3v) is 4.72. The monoisotopic (exact) mass is 285 g/mol.